The summed E-state index contributed by atoms with van der Waals surface area (Å²) in [5.74, 6) is -2.17. The maximum absolute atomic E-state index is 12.1. The SMILES string of the molecule is CCS(=O)(=O)c1ccc(O)c(NC(=O)c2n[nH]c([N+](=O)[O-])c2Cl)c1. The minimum Gasteiger partial charge on any atom is -0.506 e. The lowest BCUT2D eigenvalue weighted by molar-refractivity contribution is -0.389. The molecule has 0 unspecified atom stereocenters. The standard InChI is InChI=1S/C12H11ClN4O6S/c1-2-24(22,23)6-3-4-8(18)7(5-6)14-12(19)10-9(13)11(16-15-10)17(20)21/h3-5,18H,2H2,1H3,(H,14,19)(H,15,16). The number of rotatable bonds is 5. The smallest absolute Gasteiger partial charge is 0.362 e. The van der Waals surface area contributed by atoms with E-state index in [1.165, 1.54) is 13.0 Å². The van der Waals surface area contributed by atoms with Crippen LogP contribution in [-0.2, 0) is 9.84 Å². The first-order valence-corrected chi connectivity index (χ1v) is 8.45. The molecule has 0 fully saturated rings. The van der Waals surface area contributed by atoms with Gasteiger partial charge in [0.05, 0.1) is 16.3 Å². The van der Waals surface area contributed by atoms with Crippen LogP contribution in [-0.4, -0.2) is 40.3 Å². The van der Waals surface area contributed by atoms with Gasteiger partial charge in [-0.3, -0.25) is 4.79 Å². The van der Waals surface area contributed by atoms with Gasteiger partial charge >= 0.3 is 5.82 Å². The number of benzene rings is 1. The average Bonchev–Trinajstić information content (AvgIpc) is 2.91. The number of hydrogen-bond donors (Lipinski definition) is 3. The highest BCUT2D eigenvalue weighted by molar-refractivity contribution is 7.91. The maximum atomic E-state index is 12.1. The van der Waals surface area contributed by atoms with E-state index in [-0.39, 0.29) is 22.1 Å². The van der Waals surface area contributed by atoms with Crippen LogP contribution in [0.2, 0.25) is 5.02 Å². The third kappa shape index (κ3) is 3.31. The molecule has 1 heterocycles. The van der Waals surface area contributed by atoms with Crippen molar-refractivity contribution in [2.24, 2.45) is 0 Å². The number of phenolic OH excluding ortho intramolecular Hbond substituents is 1. The van der Waals surface area contributed by atoms with Crippen molar-refractivity contribution in [3.8, 4) is 5.75 Å². The summed E-state index contributed by atoms with van der Waals surface area (Å²) < 4.78 is 23.7. The number of amides is 1. The molecule has 0 saturated carbocycles. The lowest BCUT2D eigenvalue weighted by Crippen LogP contribution is -2.14. The molecule has 0 bridgehead atoms. The number of nitrogens with one attached hydrogen (secondary N) is 2. The Morgan fingerprint density at radius 3 is 2.71 bits per heavy atom. The fraction of sp³-hybridized carbons (Fsp3) is 0.167. The molecule has 2 aromatic rings. The fourth-order valence-corrected chi connectivity index (χ4v) is 2.89. The molecule has 0 spiro atoms. The zero-order valence-corrected chi connectivity index (χ0v) is 13.7. The lowest BCUT2D eigenvalue weighted by Gasteiger charge is -2.08. The van der Waals surface area contributed by atoms with E-state index in [2.05, 4.69) is 10.4 Å². The van der Waals surface area contributed by atoms with Crippen molar-refractivity contribution in [3.63, 3.8) is 0 Å². The first kappa shape index (κ1) is 17.7. The lowest BCUT2D eigenvalue weighted by atomic mass is 10.2. The molecule has 0 saturated heterocycles. The van der Waals surface area contributed by atoms with Gasteiger partial charge in [-0.25, -0.2) is 8.42 Å². The fourth-order valence-electron chi connectivity index (χ4n) is 1.75. The molecule has 0 aliphatic carbocycles. The number of nitrogens with zero attached hydrogens (tertiary/aromatic N) is 2. The number of carbonyl (C=O) groups excluding carboxylic acids is 1. The quantitative estimate of drug-likeness (QED) is 0.408. The van der Waals surface area contributed by atoms with Gasteiger partial charge in [-0.1, -0.05) is 23.6 Å². The predicted octanol–water partition coefficient (Wildman–Crippen LogP) is 1.72. The number of H-pyrrole nitrogens is 1. The Morgan fingerprint density at radius 1 is 1.50 bits per heavy atom. The second kappa shape index (κ2) is 6.45. The number of carbonyl (C=O) groups is 1. The van der Waals surface area contributed by atoms with Crippen molar-refractivity contribution in [1.29, 1.82) is 0 Å². The minimum absolute atomic E-state index is 0.0998. The van der Waals surface area contributed by atoms with E-state index < -0.39 is 37.2 Å². The number of aromatic nitrogens is 2. The van der Waals surface area contributed by atoms with Gasteiger partial charge in [0, 0.05) is 0 Å². The third-order valence-electron chi connectivity index (χ3n) is 3.04. The Bertz CT molecular complexity index is 924. The van der Waals surface area contributed by atoms with Crippen molar-refractivity contribution in [2.75, 3.05) is 11.1 Å². The number of halogens is 1. The average molecular weight is 375 g/mol. The highest BCUT2D eigenvalue weighted by atomic mass is 35.5. The van der Waals surface area contributed by atoms with Crippen LogP contribution in [0.1, 0.15) is 17.4 Å². The molecular formula is C12H11ClN4O6S. The van der Waals surface area contributed by atoms with E-state index in [9.17, 15) is 28.4 Å². The number of aromatic hydroxyl groups is 1. The largest absolute Gasteiger partial charge is 0.506 e. The zero-order valence-electron chi connectivity index (χ0n) is 12.1. The van der Waals surface area contributed by atoms with Crippen LogP contribution in [0.25, 0.3) is 0 Å². The topological polar surface area (TPSA) is 155 Å². The van der Waals surface area contributed by atoms with Crippen LogP contribution in [0.5, 0.6) is 5.75 Å². The Balaban J connectivity index is 2.36. The molecule has 24 heavy (non-hydrogen) atoms. The van der Waals surface area contributed by atoms with Gasteiger partial charge in [0.25, 0.3) is 5.91 Å². The van der Waals surface area contributed by atoms with E-state index in [4.69, 9.17) is 11.6 Å². The number of sulfone groups is 1. The predicted molar refractivity (Wildman–Crippen MR) is 84.0 cm³/mol. The summed E-state index contributed by atoms with van der Waals surface area (Å²) >= 11 is 5.69. The van der Waals surface area contributed by atoms with Gasteiger partial charge in [0.15, 0.2) is 20.6 Å². The van der Waals surface area contributed by atoms with Crippen LogP contribution < -0.4 is 5.32 Å². The van der Waals surface area contributed by atoms with E-state index in [0.29, 0.717) is 0 Å². The van der Waals surface area contributed by atoms with Crippen LogP contribution in [0.4, 0.5) is 11.5 Å². The van der Waals surface area contributed by atoms with Crippen LogP contribution >= 0.6 is 11.6 Å². The number of hydrogen-bond acceptors (Lipinski definition) is 7. The molecule has 0 radical (unpaired) electrons. The van der Waals surface area contributed by atoms with Crippen molar-refractivity contribution >= 4 is 38.9 Å². The Hall–Kier alpha value is -2.66. The molecule has 10 nitrogen and oxygen atoms in total. The molecule has 1 aromatic carbocycles. The highest BCUT2D eigenvalue weighted by Crippen LogP contribution is 2.29. The maximum Gasteiger partial charge on any atom is 0.362 e. The first-order chi connectivity index (χ1) is 11.2. The van der Waals surface area contributed by atoms with Gasteiger partial charge in [-0.05, 0) is 23.1 Å². The molecule has 3 N–H and O–H groups in total. The monoisotopic (exact) mass is 374 g/mol. The molecule has 128 valence electrons. The van der Waals surface area contributed by atoms with E-state index in [0.717, 1.165) is 12.1 Å². The first-order valence-electron chi connectivity index (χ1n) is 6.42. The van der Waals surface area contributed by atoms with E-state index in [1.807, 2.05) is 5.10 Å². The summed E-state index contributed by atoms with van der Waals surface area (Å²) in [7, 11) is -3.55. The third-order valence-corrected chi connectivity index (χ3v) is 5.13. The van der Waals surface area contributed by atoms with Gasteiger partial charge < -0.3 is 20.5 Å². The van der Waals surface area contributed by atoms with E-state index >= 15 is 0 Å². The molecule has 1 amide bonds. The van der Waals surface area contributed by atoms with Crippen molar-refractivity contribution in [3.05, 3.63) is 39.0 Å². The Labute approximate surface area is 140 Å². The molecule has 1 aromatic heterocycles. The number of aromatic amines is 1. The second-order valence-corrected chi connectivity index (χ2v) is 7.18. The highest BCUT2D eigenvalue weighted by Gasteiger charge is 2.26. The normalized spacial score (nSPS) is 11.2. The summed E-state index contributed by atoms with van der Waals surface area (Å²) in [4.78, 5) is 21.8. The molecule has 2 rings (SSSR count). The zero-order chi connectivity index (χ0) is 18.1. The van der Waals surface area contributed by atoms with Gasteiger partial charge in [0.2, 0.25) is 0 Å². The Morgan fingerprint density at radius 2 is 2.17 bits per heavy atom. The van der Waals surface area contributed by atoms with Crippen molar-refractivity contribution < 1.29 is 23.2 Å². The van der Waals surface area contributed by atoms with Gasteiger partial charge in [-0.2, -0.15) is 0 Å². The number of nitro groups is 1. The molecule has 0 aliphatic rings. The van der Waals surface area contributed by atoms with Crippen LogP contribution in [0.15, 0.2) is 23.1 Å². The van der Waals surface area contributed by atoms with Crippen LogP contribution in [0, 0.1) is 10.1 Å². The number of phenols is 1. The number of anilines is 1. The van der Waals surface area contributed by atoms with Crippen molar-refractivity contribution in [2.45, 2.75) is 11.8 Å². The summed E-state index contributed by atoms with van der Waals surface area (Å²) in [6.45, 7) is 1.45. The molecule has 0 aliphatic heterocycles. The van der Waals surface area contributed by atoms with Gasteiger partial charge in [0.1, 0.15) is 5.75 Å². The molecule has 0 atom stereocenters. The molecular weight excluding hydrogens is 364 g/mol. The Kier molecular flexibility index (Phi) is 4.76. The van der Waals surface area contributed by atoms with E-state index in [1.54, 1.807) is 0 Å². The minimum atomic E-state index is -3.55. The second-order valence-electron chi connectivity index (χ2n) is 4.53. The summed E-state index contributed by atoms with van der Waals surface area (Å²) in [6.07, 6.45) is 0. The summed E-state index contributed by atoms with van der Waals surface area (Å²) in [5, 5.41) is 27.6. The summed E-state index contributed by atoms with van der Waals surface area (Å²) in [5.41, 5.74) is -0.664. The van der Waals surface area contributed by atoms with Crippen LogP contribution in [0.3, 0.4) is 0 Å². The molecule has 12 heteroatoms. The van der Waals surface area contributed by atoms with Gasteiger partial charge in [-0.15, -0.1) is 5.10 Å². The van der Waals surface area contributed by atoms with Crippen molar-refractivity contribution in [1.82, 2.24) is 10.2 Å². The summed E-state index contributed by atoms with van der Waals surface area (Å²) in [6, 6.07) is 3.37.